The van der Waals surface area contributed by atoms with Gasteiger partial charge in [-0.2, -0.15) is 5.10 Å². The van der Waals surface area contributed by atoms with Gasteiger partial charge in [0.2, 0.25) is 0 Å². The molecule has 1 heterocycles. The second kappa shape index (κ2) is 5.99. The van der Waals surface area contributed by atoms with E-state index in [1.165, 1.54) is 29.1 Å². The monoisotopic (exact) mass is 273 g/mol. The molecule has 1 amide bonds. The Bertz CT molecular complexity index is 698. The minimum atomic E-state index is -0.592. The standard InChI is InChI=1S/C14H12FN3O2/c1-18-13(6-7-16-18)14(20)17-12-5-4-10(3-2-8-19)9-11(12)15/h4-7,9,19H,8H2,1H3,(H,17,20). The SMILES string of the molecule is Cn1nccc1C(=O)Nc1ccc(C#CCO)cc1F. The Morgan fingerprint density at radius 1 is 1.50 bits per heavy atom. The van der Waals surface area contributed by atoms with Crippen LogP contribution in [0.4, 0.5) is 10.1 Å². The highest BCUT2D eigenvalue weighted by Gasteiger charge is 2.12. The first-order valence-corrected chi connectivity index (χ1v) is 5.80. The maximum Gasteiger partial charge on any atom is 0.273 e. The van der Waals surface area contributed by atoms with Gasteiger partial charge in [-0.05, 0) is 24.3 Å². The quantitative estimate of drug-likeness (QED) is 0.807. The molecule has 0 unspecified atom stereocenters. The summed E-state index contributed by atoms with van der Waals surface area (Å²) >= 11 is 0. The molecular weight excluding hydrogens is 261 g/mol. The summed E-state index contributed by atoms with van der Waals surface area (Å²) in [5.41, 5.74) is 0.814. The fourth-order valence-electron chi connectivity index (χ4n) is 1.62. The van der Waals surface area contributed by atoms with E-state index in [4.69, 9.17) is 5.11 Å². The van der Waals surface area contributed by atoms with Crippen LogP contribution < -0.4 is 5.32 Å². The number of anilines is 1. The lowest BCUT2D eigenvalue weighted by Gasteiger charge is -2.06. The molecule has 0 atom stereocenters. The average molecular weight is 273 g/mol. The van der Waals surface area contributed by atoms with E-state index in [-0.39, 0.29) is 12.3 Å². The normalized spacial score (nSPS) is 9.75. The van der Waals surface area contributed by atoms with E-state index >= 15 is 0 Å². The molecular formula is C14H12FN3O2. The van der Waals surface area contributed by atoms with Gasteiger partial charge < -0.3 is 10.4 Å². The first kappa shape index (κ1) is 13.8. The number of aliphatic hydroxyl groups excluding tert-OH is 1. The Kier molecular flexibility index (Phi) is 4.13. The smallest absolute Gasteiger partial charge is 0.273 e. The van der Waals surface area contributed by atoms with E-state index in [9.17, 15) is 9.18 Å². The van der Waals surface area contributed by atoms with E-state index in [1.807, 2.05) is 0 Å². The predicted molar refractivity (Wildman–Crippen MR) is 71.5 cm³/mol. The zero-order valence-corrected chi connectivity index (χ0v) is 10.7. The van der Waals surface area contributed by atoms with E-state index in [0.29, 0.717) is 11.3 Å². The number of carbonyl (C=O) groups excluding carboxylic acids is 1. The van der Waals surface area contributed by atoms with Crippen molar-refractivity contribution >= 4 is 11.6 Å². The van der Waals surface area contributed by atoms with Crippen molar-refractivity contribution in [2.24, 2.45) is 7.05 Å². The molecule has 5 nitrogen and oxygen atoms in total. The highest BCUT2D eigenvalue weighted by Crippen LogP contribution is 2.16. The number of aromatic nitrogens is 2. The summed E-state index contributed by atoms with van der Waals surface area (Å²) in [4.78, 5) is 11.9. The predicted octanol–water partition coefficient (Wildman–Crippen LogP) is 1.16. The summed E-state index contributed by atoms with van der Waals surface area (Å²) in [6.45, 7) is -0.291. The molecule has 0 aliphatic carbocycles. The van der Waals surface area contributed by atoms with Crippen LogP contribution in [0.1, 0.15) is 16.1 Å². The number of amides is 1. The molecule has 0 saturated heterocycles. The van der Waals surface area contributed by atoms with Gasteiger partial charge in [0.15, 0.2) is 0 Å². The molecule has 6 heteroatoms. The van der Waals surface area contributed by atoms with Gasteiger partial charge in [0.25, 0.3) is 5.91 Å². The number of aliphatic hydroxyl groups is 1. The number of nitrogens with zero attached hydrogens (tertiary/aromatic N) is 2. The molecule has 0 aliphatic heterocycles. The molecule has 2 N–H and O–H groups in total. The summed E-state index contributed by atoms with van der Waals surface area (Å²) in [5.74, 6) is 3.97. The molecule has 102 valence electrons. The molecule has 0 saturated carbocycles. The van der Waals surface area contributed by atoms with Crippen molar-refractivity contribution in [1.29, 1.82) is 0 Å². The first-order valence-electron chi connectivity index (χ1n) is 5.80. The third-order valence-electron chi connectivity index (χ3n) is 2.58. The zero-order valence-electron chi connectivity index (χ0n) is 10.7. The fraction of sp³-hybridized carbons (Fsp3) is 0.143. The largest absolute Gasteiger partial charge is 0.384 e. The number of carbonyl (C=O) groups is 1. The van der Waals surface area contributed by atoms with Crippen LogP contribution in [0, 0.1) is 17.7 Å². The fourth-order valence-corrected chi connectivity index (χ4v) is 1.62. The molecule has 0 bridgehead atoms. The second-order valence-electron chi connectivity index (χ2n) is 3.95. The maximum absolute atomic E-state index is 13.8. The Morgan fingerprint density at radius 2 is 2.30 bits per heavy atom. The van der Waals surface area contributed by atoms with Gasteiger partial charge in [-0.1, -0.05) is 11.8 Å². The first-order chi connectivity index (χ1) is 9.61. The van der Waals surface area contributed by atoms with Crippen LogP contribution in [0.3, 0.4) is 0 Å². The lowest BCUT2D eigenvalue weighted by molar-refractivity contribution is 0.101. The molecule has 0 fully saturated rings. The summed E-state index contributed by atoms with van der Waals surface area (Å²) in [6, 6.07) is 5.71. The van der Waals surface area contributed by atoms with E-state index in [0.717, 1.165) is 0 Å². The minimum Gasteiger partial charge on any atom is -0.384 e. The van der Waals surface area contributed by atoms with Crippen LogP contribution in [0.2, 0.25) is 0 Å². The Hall–Kier alpha value is -2.65. The van der Waals surface area contributed by atoms with E-state index in [2.05, 4.69) is 22.3 Å². The highest BCUT2D eigenvalue weighted by atomic mass is 19.1. The highest BCUT2D eigenvalue weighted by molar-refractivity contribution is 6.03. The summed E-state index contributed by atoms with van der Waals surface area (Å²) in [7, 11) is 1.62. The average Bonchev–Trinajstić information content (AvgIpc) is 2.85. The van der Waals surface area contributed by atoms with Crippen molar-refractivity contribution in [3.05, 3.63) is 47.5 Å². The van der Waals surface area contributed by atoms with Crippen molar-refractivity contribution in [2.75, 3.05) is 11.9 Å². The molecule has 1 aromatic carbocycles. The van der Waals surface area contributed by atoms with Gasteiger partial charge >= 0.3 is 0 Å². The number of rotatable bonds is 2. The van der Waals surface area contributed by atoms with Crippen molar-refractivity contribution in [1.82, 2.24) is 9.78 Å². The lowest BCUT2D eigenvalue weighted by Crippen LogP contribution is -2.16. The molecule has 0 radical (unpaired) electrons. The van der Waals surface area contributed by atoms with E-state index < -0.39 is 11.7 Å². The Morgan fingerprint density at radius 3 is 2.90 bits per heavy atom. The number of nitrogens with one attached hydrogen (secondary N) is 1. The Labute approximate surface area is 115 Å². The minimum absolute atomic E-state index is 0.0609. The van der Waals surface area contributed by atoms with Gasteiger partial charge in [-0.3, -0.25) is 9.48 Å². The Balaban J connectivity index is 2.18. The van der Waals surface area contributed by atoms with Gasteiger partial charge in [0.1, 0.15) is 18.1 Å². The van der Waals surface area contributed by atoms with E-state index in [1.54, 1.807) is 13.1 Å². The molecule has 0 aliphatic rings. The second-order valence-corrected chi connectivity index (χ2v) is 3.95. The molecule has 2 rings (SSSR count). The zero-order chi connectivity index (χ0) is 14.5. The van der Waals surface area contributed by atoms with Crippen LogP contribution >= 0.6 is 0 Å². The number of hydrogen-bond donors (Lipinski definition) is 2. The number of hydrogen-bond acceptors (Lipinski definition) is 3. The van der Waals surface area contributed by atoms with Gasteiger partial charge in [0.05, 0.1) is 5.69 Å². The maximum atomic E-state index is 13.8. The third kappa shape index (κ3) is 3.02. The summed E-state index contributed by atoms with van der Waals surface area (Å²) in [5, 5.41) is 14.9. The van der Waals surface area contributed by atoms with Crippen LogP contribution in [0.5, 0.6) is 0 Å². The van der Waals surface area contributed by atoms with Crippen LogP contribution in [0.15, 0.2) is 30.5 Å². The number of halogens is 1. The molecule has 1 aromatic heterocycles. The van der Waals surface area contributed by atoms with Crippen molar-refractivity contribution in [2.45, 2.75) is 0 Å². The van der Waals surface area contributed by atoms with Gasteiger partial charge in [-0.25, -0.2) is 4.39 Å². The lowest BCUT2D eigenvalue weighted by atomic mass is 10.2. The van der Waals surface area contributed by atoms with Crippen LogP contribution in [0.25, 0.3) is 0 Å². The number of benzene rings is 1. The van der Waals surface area contributed by atoms with Crippen LogP contribution in [-0.2, 0) is 7.05 Å². The third-order valence-corrected chi connectivity index (χ3v) is 2.58. The summed E-state index contributed by atoms with van der Waals surface area (Å²) < 4.78 is 15.2. The van der Waals surface area contributed by atoms with Crippen molar-refractivity contribution < 1.29 is 14.3 Å². The van der Waals surface area contributed by atoms with Gasteiger partial charge in [0, 0.05) is 18.8 Å². The van der Waals surface area contributed by atoms with Crippen LogP contribution in [-0.4, -0.2) is 27.4 Å². The van der Waals surface area contributed by atoms with Crippen molar-refractivity contribution in [3.8, 4) is 11.8 Å². The molecule has 2 aromatic rings. The molecule has 20 heavy (non-hydrogen) atoms. The van der Waals surface area contributed by atoms with Gasteiger partial charge in [-0.15, -0.1) is 0 Å². The number of aryl methyl sites for hydroxylation is 1. The summed E-state index contributed by atoms with van der Waals surface area (Å²) in [6.07, 6.45) is 1.48. The molecule has 0 spiro atoms. The topological polar surface area (TPSA) is 67.2 Å². The van der Waals surface area contributed by atoms with Crippen molar-refractivity contribution in [3.63, 3.8) is 0 Å².